The van der Waals surface area contributed by atoms with E-state index < -0.39 is 0 Å². The number of hydrogen-bond donors (Lipinski definition) is 1. The van der Waals surface area contributed by atoms with Crippen LogP contribution in [0.4, 0.5) is 0 Å². The smallest absolute Gasteiger partial charge is 0.254 e. The normalized spacial score (nSPS) is 21.2. The molecular weight excluding hydrogens is 180 g/mol. The highest BCUT2D eigenvalue weighted by atomic mass is 16.3. The Morgan fingerprint density at radius 1 is 1.50 bits per heavy atom. The first kappa shape index (κ1) is 9.15. The van der Waals surface area contributed by atoms with Crippen LogP contribution in [0, 0.1) is 0 Å². The van der Waals surface area contributed by atoms with Crippen molar-refractivity contribution in [2.45, 2.75) is 12.5 Å². The Bertz CT molecular complexity index is 326. The molecule has 0 aliphatic carbocycles. The molecule has 4 nitrogen and oxygen atoms in total. The van der Waals surface area contributed by atoms with Crippen LogP contribution in [0.1, 0.15) is 16.8 Å². The third kappa shape index (κ3) is 1.75. The molecule has 2 rings (SSSR count). The number of hydrogen-bond acceptors (Lipinski definition) is 3. The van der Waals surface area contributed by atoms with Gasteiger partial charge in [0.1, 0.15) is 0 Å². The van der Waals surface area contributed by atoms with Crippen LogP contribution >= 0.6 is 0 Å². The molecule has 2 heterocycles. The lowest BCUT2D eigenvalue weighted by Crippen LogP contribution is -2.29. The highest BCUT2D eigenvalue weighted by Crippen LogP contribution is 2.12. The number of aliphatic hydroxyl groups is 1. The maximum Gasteiger partial charge on any atom is 0.254 e. The molecule has 1 N–H and O–H groups in total. The van der Waals surface area contributed by atoms with E-state index in [1.54, 1.807) is 29.4 Å². The van der Waals surface area contributed by atoms with Crippen molar-refractivity contribution in [1.82, 2.24) is 9.88 Å². The summed E-state index contributed by atoms with van der Waals surface area (Å²) in [4.78, 5) is 17.3. The largest absolute Gasteiger partial charge is 0.391 e. The van der Waals surface area contributed by atoms with Crippen molar-refractivity contribution in [3.05, 3.63) is 30.1 Å². The van der Waals surface area contributed by atoms with Crippen LogP contribution < -0.4 is 0 Å². The fraction of sp³-hybridized carbons (Fsp3) is 0.400. The maximum absolute atomic E-state index is 11.8. The minimum absolute atomic E-state index is 0.0241. The Morgan fingerprint density at radius 3 is 2.79 bits per heavy atom. The third-order valence-electron chi connectivity index (χ3n) is 2.38. The molecule has 0 spiro atoms. The highest BCUT2D eigenvalue weighted by Gasteiger charge is 2.24. The van der Waals surface area contributed by atoms with Gasteiger partial charge in [-0.15, -0.1) is 0 Å². The van der Waals surface area contributed by atoms with Crippen molar-refractivity contribution in [1.29, 1.82) is 0 Å². The first-order valence-corrected chi connectivity index (χ1v) is 4.65. The van der Waals surface area contributed by atoms with Crippen molar-refractivity contribution in [2.75, 3.05) is 13.1 Å². The highest BCUT2D eigenvalue weighted by molar-refractivity contribution is 5.94. The van der Waals surface area contributed by atoms with Crippen LogP contribution in [0.3, 0.4) is 0 Å². The summed E-state index contributed by atoms with van der Waals surface area (Å²) in [6.07, 6.45) is 3.51. The number of β-amino-alcohol motifs (C(OH)–C–C–N with tert-alkyl or cyclic N) is 1. The summed E-state index contributed by atoms with van der Waals surface area (Å²) in [5, 5.41) is 9.29. The summed E-state index contributed by atoms with van der Waals surface area (Å²) in [6, 6.07) is 3.38. The molecule has 0 aromatic carbocycles. The van der Waals surface area contributed by atoms with Crippen molar-refractivity contribution in [2.24, 2.45) is 0 Å². The number of nitrogens with zero attached hydrogens (tertiary/aromatic N) is 2. The van der Waals surface area contributed by atoms with Crippen LogP contribution in [0.2, 0.25) is 0 Å². The molecule has 1 aliphatic heterocycles. The van der Waals surface area contributed by atoms with Gasteiger partial charge in [0.25, 0.3) is 5.91 Å². The molecule has 4 heteroatoms. The average molecular weight is 192 g/mol. The zero-order valence-electron chi connectivity index (χ0n) is 7.76. The molecule has 74 valence electrons. The van der Waals surface area contributed by atoms with Crippen molar-refractivity contribution < 1.29 is 9.90 Å². The van der Waals surface area contributed by atoms with Gasteiger partial charge >= 0.3 is 0 Å². The van der Waals surface area contributed by atoms with Crippen LogP contribution in [-0.2, 0) is 0 Å². The standard InChI is InChI=1S/C10H12N2O2/c13-9-3-6-12(7-9)10(14)8-1-4-11-5-2-8/h1-2,4-5,9,13H,3,6-7H2/t9-/m0/s1. The number of carbonyl (C=O) groups excluding carboxylic acids is 1. The van der Waals surface area contributed by atoms with Crippen LogP contribution in [0.5, 0.6) is 0 Å². The van der Waals surface area contributed by atoms with Crippen LogP contribution in [0.15, 0.2) is 24.5 Å². The topological polar surface area (TPSA) is 53.4 Å². The van der Waals surface area contributed by atoms with Gasteiger partial charge in [0, 0.05) is 31.0 Å². The molecule has 0 unspecified atom stereocenters. The van der Waals surface area contributed by atoms with E-state index in [2.05, 4.69) is 4.98 Å². The Labute approximate surface area is 82.2 Å². The molecule has 14 heavy (non-hydrogen) atoms. The van der Waals surface area contributed by atoms with Crippen molar-refractivity contribution in [3.8, 4) is 0 Å². The maximum atomic E-state index is 11.8. The minimum Gasteiger partial charge on any atom is -0.391 e. The second-order valence-electron chi connectivity index (χ2n) is 3.43. The molecular formula is C10H12N2O2. The number of carbonyl (C=O) groups is 1. The monoisotopic (exact) mass is 192 g/mol. The number of aliphatic hydroxyl groups excluding tert-OH is 1. The number of aromatic nitrogens is 1. The van der Waals surface area contributed by atoms with Gasteiger partial charge in [0.05, 0.1) is 6.10 Å². The van der Waals surface area contributed by atoms with E-state index in [1.807, 2.05) is 0 Å². The minimum atomic E-state index is -0.360. The lowest BCUT2D eigenvalue weighted by atomic mass is 10.2. The first-order chi connectivity index (χ1) is 6.77. The molecule has 0 bridgehead atoms. The van der Waals surface area contributed by atoms with Gasteiger partial charge in [-0.25, -0.2) is 0 Å². The summed E-state index contributed by atoms with van der Waals surface area (Å²) in [7, 11) is 0. The van der Waals surface area contributed by atoms with E-state index in [-0.39, 0.29) is 12.0 Å². The Morgan fingerprint density at radius 2 is 2.21 bits per heavy atom. The molecule has 0 saturated carbocycles. The Hall–Kier alpha value is -1.42. The third-order valence-corrected chi connectivity index (χ3v) is 2.38. The van der Waals surface area contributed by atoms with E-state index in [1.165, 1.54) is 0 Å². The molecule has 1 aromatic heterocycles. The molecule has 1 aliphatic rings. The predicted octanol–water partition coefficient (Wildman–Crippen LogP) is 0.288. The van der Waals surface area contributed by atoms with Gasteiger partial charge in [0.2, 0.25) is 0 Å². The molecule has 1 fully saturated rings. The quantitative estimate of drug-likeness (QED) is 0.695. The van der Waals surface area contributed by atoms with Crippen LogP contribution in [-0.4, -0.2) is 40.1 Å². The molecule has 1 atom stereocenters. The molecule has 1 saturated heterocycles. The van der Waals surface area contributed by atoms with Gasteiger partial charge in [0.15, 0.2) is 0 Å². The molecule has 1 aromatic rings. The predicted molar refractivity (Wildman–Crippen MR) is 50.8 cm³/mol. The van der Waals surface area contributed by atoms with E-state index in [9.17, 15) is 9.90 Å². The second kappa shape index (κ2) is 3.75. The second-order valence-corrected chi connectivity index (χ2v) is 3.43. The fourth-order valence-electron chi connectivity index (χ4n) is 1.60. The number of rotatable bonds is 1. The lowest BCUT2D eigenvalue weighted by molar-refractivity contribution is 0.0765. The van der Waals surface area contributed by atoms with Crippen molar-refractivity contribution in [3.63, 3.8) is 0 Å². The first-order valence-electron chi connectivity index (χ1n) is 4.65. The van der Waals surface area contributed by atoms with E-state index in [0.717, 1.165) is 0 Å². The Balaban J connectivity index is 2.10. The zero-order chi connectivity index (χ0) is 9.97. The number of amides is 1. The fourth-order valence-corrected chi connectivity index (χ4v) is 1.60. The van der Waals surface area contributed by atoms with E-state index >= 15 is 0 Å². The lowest BCUT2D eigenvalue weighted by Gasteiger charge is -2.14. The van der Waals surface area contributed by atoms with Gasteiger partial charge < -0.3 is 10.0 Å². The van der Waals surface area contributed by atoms with Gasteiger partial charge in [-0.2, -0.15) is 0 Å². The summed E-state index contributed by atoms with van der Waals surface area (Å²) >= 11 is 0. The molecule has 0 radical (unpaired) electrons. The van der Waals surface area contributed by atoms with Crippen LogP contribution in [0.25, 0.3) is 0 Å². The Kier molecular flexibility index (Phi) is 2.45. The SMILES string of the molecule is O=C(c1ccncc1)N1CC[C@H](O)C1. The number of likely N-dealkylation sites (tertiary alicyclic amines) is 1. The van der Waals surface area contributed by atoms with Gasteiger partial charge in [-0.1, -0.05) is 0 Å². The summed E-state index contributed by atoms with van der Waals surface area (Å²) in [5.74, 6) is -0.0241. The summed E-state index contributed by atoms with van der Waals surface area (Å²) in [6.45, 7) is 1.09. The van der Waals surface area contributed by atoms with E-state index in [0.29, 0.717) is 25.1 Å². The van der Waals surface area contributed by atoms with Gasteiger partial charge in [-0.3, -0.25) is 9.78 Å². The average Bonchev–Trinajstić information content (AvgIpc) is 2.65. The molecule has 1 amide bonds. The zero-order valence-corrected chi connectivity index (χ0v) is 7.76. The summed E-state index contributed by atoms with van der Waals surface area (Å²) in [5.41, 5.74) is 0.633. The van der Waals surface area contributed by atoms with Gasteiger partial charge in [-0.05, 0) is 18.6 Å². The number of pyridine rings is 1. The van der Waals surface area contributed by atoms with E-state index in [4.69, 9.17) is 0 Å². The van der Waals surface area contributed by atoms with Crippen molar-refractivity contribution >= 4 is 5.91 Å². The summed E-state index contributed by atoms with van der Waals surface area (Å²) < 4.78 is 0.